The molecule has 3 aromatic carbocycles. The number of nitrogens with zero attached hydrogens (tertiary/aromatic N) is 4. The van der Waals surface area contributed by atoms with Crippen molar-refractivity contribution in [3.8, 4) is 17.1 Å². The minimum Gasteiger partial charge on any atom is -0.322 e. The van der Waals surface area contributed by atoms with Crippen LogP contribution in [0.3, 0.4) is 0 Å². The maximum Gasteiger partial charge on any atom is 0.350 e. The minimum atomic E-state index is 1.00. The number of aromatic nitrogens is 2. The molecule has 0 spiro atoms. The topological polar surface area (TPSA) is 23.2 Å². The lowest BCUT2D eigenvalue weighted by molar-refractivity contribution is -0.509. The van der Waals surface area contributed by atoms with Crippen molar-refractivity contribution in [3.63, 3.8) is 0 Å². The third-order valence-electron chi connectivity index (χ3n) is 5.48. The summed E-state index contributed by atoms with van der Waals surface area (Å²) in [6.07, 6.45) is 0. The molecule has 150 valence electrons. The Labute approximate surface area is 181 Å². The van der Waals surface area contributed by atoms with Crippen molar-refractivity contribution in [1.29, 1.82) is 0 Å². The molecule has 0 bridgehead atoms. The summed E-state index contributed by atoms with van der Waals surface area (Å²) in [6.45, 7) is 5.14. The quantitative estimate of drug-likeness (QED) is 0.453. The number of hydrogen-bond donors (Lipinski definition) is 0. The number of piperazine rings is 1. The van der Waals surface area contributed by atoms with Crippen molar-refractivity contribution in [1.82, 2.24) is 9.88 Å². The van der Waals surface area contributed by atoms with Gasteiger partial charge in [-0.15, -0.1) is 3.96 Å². The van der Waals surface area contributed by atoms with E-state index in [1.54, 1.807) is 11.5 Å². The van der Waals surface area contributed by atoms with E-state index in [1.165, 1.54) is 5.56 Å². The van der Waals surface area contributed by atoms with Crippen molar-refractivity contribution >= 4 is 16.7 Å². The molecular weight excluding hydrogens is 388 g/mol. The van der Waals surface area contributed by atoms with Crippen LogP contribution in [-0.2, 0) is 6.54 Å². The zero-order valence-corrected chi connectivity index (χ0v) is 17.7. The normalized spacial score (nSPS) is 14.7. The Bertz CT molecular complexity index is 1020. The number of anilines is 1. The molecule has 1 fully saturated rings. The van der Waals surface area contributed by atoms with E-state index < -0.39 is 0 Å². The summed E-state index contributed by atoms with van der Waals surface area (Å²) in [5.41, 5.74) is 3.68. The van der Waals surface area contributed by atoms with Gasteiger partial charge in [0.05, 0.1) is 5.56 Å². The molecule has 1 aliphatic rings. The van der Waals surface area contributed by atoms with E-state index in [9.17, 15) is 0 Å². The summed E-state index contributed by atoms with van der Waals surface area (Å²) in [4.78, 5) is 10.0. The van der Waals surface area contributed by atoms with E-state index in [-0.39, 0.29) is 0 Å². The van der Waals surface area contributed by atoms with Crippen LogP contribution in [0.4, 0.5) is 5.13 Å². The monoisotopic (exact) mass is 413 g/mol. The first-order valence-electron chi connectivity index (χ1n) is 10.4. The molecule has 0 saturated carbocycles. The highest BCUT2D eigenvalue weighted by molar-refractivity contribution is 7.06. The first-order chi connectivity index (χ1) is 14.9. The maximum atomic E-state index is 5.08. The van der Waals surface area contributed by atoms with Crippen LogP contribution in [0, 0.1) is 0 Å². The van der Waals surface area contributed by atoms with Gasteiger partial charge in [0.2, 0.25) is 0 Å². The van der Waals surface area contributed by atoms with Gasteiger partial charge in [0.15, 0.2) is 0 Å². The molecule has 4 aromatic rings. The fourth-order valence-electron chi connectivity index (χ4n) is 3.86. The molecule has 1 saturated heterocycles. The lowest BCUT2D eigenvalue weighted by Gasteiger charge is -2.33. The molecule has 0 radical (unpaired) electrons. The van der Waals surface area contributed by atoms with Crippen LogP contribution in [-0.4, -0.2) is 36.1 Å². The Morgan fingerprint density at radius 1 is 0.733 bits per heavy atom. The number of rotatable bonds is 5. The summed E-state index contributed by atoms with van der Waals surface area (Å²) >= 11 is 1.73. The Morgan fingerprint density at radius 2 is 1.33 bits per heavy atom. The van der Waals surface area contributed by atoms with Gasteiger partial charge in [0.25, 0.3) is 0 Å². The van der Waals surface area contributed by atoms with E-state index >= 15 is 0 Å². The van der Waals surface area contributed by atoms with Gasteiger partial charge < -0.3 is 4.90 Å². The summed E-state index contributed by atoms with van der Waals surface area (Å²) < 4.78 is 2.25. The molecule has 4 nitrogen and oxygen atoms in total. The lowest BCUT2D eigenvalue weighted by Crippen LogP contribution is -2.46. The van der Waals surface area contributed by atoms with Gasteiger partial charge in [-0.05, 0) is 34.8 Å². The van der Waals surface area contributed by atoms with E-state index in [0.29, 0.717) is 0 Å². The lowest BCUT2D eigenvalue weighted by atomic mass is 10.2. The molecule has 0 amide bonds. The Kier molecular flexibility index (Phi) is 5.55. The highest BCUT2D eigenvalue weighted by Gasteiger charge is 2.29. The van der Waals surface area contributed by atoms with Gasteiger partial charge in [-0.2, -0.15) is 0 Å². The average Bonchev–Trinajstić information content (AvgIpc) is 3.27. The van der Waals surface area contributed by atoms with Crippen LogP contribution >= 0.6 is 11.5 Å². The van der Waals surface area contributed by atoms with E-state index in [0.717, 1.165) is 54.9 Å². The van der Waals surface area contributed by atoms with Crippen molar-refractivity contribution in [2.75, 3.05) is 31.1 Å². The molecule has 0 atom stereocenters. The number of para-hydroxylation sites is 1. The SMILES string of the molecule is c1ccc(CN2CCN(c3nc(-c4ccccc4)[n+](-c4ccccc4)s3)CC2)cc1. The molecule has 5 heteroatoms. The zero-order chi connectivity index (χ0) is 20.2. The third-order valence-corrected chi connectivity index (χ3v) is 6.56. The Morgan fingerprint density at radius 3 is 2.00 bits per heavy atom. The predicted molar refractivity (Wildman–Crippen MR) is 123 cm³/mol. The van der Waals surface area contributed by atoms with Crippen LogP contribution in [0.2, 0.25) is 0 Å². The summed E-state index contributed by atoms with van der Waals surface area (Å²) in [5.74, 6) is 1.01. The molecule has 0 unspecified atom stereocenters. The second-order valence-corrected chi connectivity index (χ2v) is 8.47. The predicted octanol–water partition coefficient (Wildman–Crippen LogP) is 4.41. The highest BCUT2D eigenvalue weighted by atomic mass is 32.1. The van der Waals surface area contributed by atoms with Crippen LogP contribution < -0.4 is 8.86 Å². The fourth-order valence-corrected chi connectivity index (χ4v) is 4.90. The molecule has 1 aliphatic heterocycles. The third kappa shape index (κ3) is 4.13. The largest absolute Gasteiger partial charge is 0.350 e. The minimum absolute atomic E-state index is 1.00. The smallest absolute Gasteiger partial charge is 0.322 e. The molecule has 2 heterocycles. The molecule has 0 aliphatic carbocycles. The van der Waals surface area contributed by atoms with Gasteiger partial charge >= 0.3 is 11.0 Å². The van der Waals surface area contributed by atoms with Crippen LogP contribution in [0.5, 0.6) is 0 Å². The first-order valence-corrected chi connectivity index (χ1v) is 11.2. The summed E-state index contributed by atoms with van der Waals surface area (Å²) in [7, 11) is 0. The summed E-state index contributed by atoms with van der Waals surface area (Å²) in [5, 5.41) is 1.09. The molecule has 1 aromatic heterocycles. The van der Waals surface area contributed by atoms with Crippen molar-refractivity contribution in [3.05, 3.63) is 96.6 Å². The van der Waals surface area contributed by atoms with Crippen LogP contribution in [0.15, 0.2) is 91.0 Å². The number of hydrogen-bond acceptors (Lipinski definition) is 4. The first kappa shape index (κ1) is 19.0. The van der Waals surface area contributed by atoms with Crippen molar-refractivity contribution < 1.29 is 3.96 Å². The van der Waals surface area contributed by atoms with Crippen molar-refractivity contribution in [2.24, 2.45) is 0 Å². The molecule has 5 rings (SSSR count). The van der Waals surface area contributed by atoms with Crippen LogP contribution in [0.1, 0.15) is 5.56 Å². The summed E-state index contributed by atoms with van der Waals surface area (Å²) in [6, 6.07) is 31.7. The highest BCUT2D eigenvalue weighted by Crippen LogP contribution is 2.25. The van der Waals surface area contributed by atoms with Gasteiger partial charge in [0.1, 0.15) is 17.2 Å². The Balaban J connectivity index is 1.37. The Hall–Kier alpha value is -3.02. The van der Waals surface area contributed by atoms with Gasteiger partial charge in [-0.3, -0.25) is 4.90 Å². The van der Waals surface area contributed by atoms with Crippen LogP contribution in [0.25, 0.3) is 17.1 Å². The fraction of sp³-hybridized carbons (Fsp3) is 0.200. The van der Waals surface area contributed by atoms with Gasteiger partial charge in [0, 0.05) is 32.7 Å². The molecular formula is C25H25N4S+. The van der Waals surface area contributed by atoms with Gasteiger partial charge in [-0.25, -0.2) is 0 Å². The molecule has 0 N–H and O–H groups in total. The average molecular weight is 414 g/mol. The number of benzene rings is 3. The second-order valence-electron chi connectivity index (χ2n) is 7.55. The van der Waals surface area contributed by atoms with E-state index in [2.05, 4.69) is 105 Å². The second kappa shape index (κ2) is 8.78. The van der Waals surface area contributed by atoms with Gasteiger partial charge in [-0.1, -0.05) is 66.7 Å². The standard InChI is InChI=1S/C25H25N4S/c1-4-10-21(11-5-1)20-27-16-18-28(19-17-27)25-26-24(22-12-6-2-7-13-22)29(30-25)23-14-8-3-9-15-23/h1-15H,16-20H2/q+1. The van der Waals surface area contributed by atoms with Crippen molar-refractivity contribution in [2.45, 2.75) is 6.54 Å². The van der Waals surface area contributed by atoms with E-state index in [4.69, 9.17) is 4.98 Å². The molecule has 30 heavy (non-hydrogen) atoms. The van der Waals surface area contributed by atoms with E-state index in [1.807, 2.05) is 0 Å². The zero-order valence-electron chi connectivity index (χ0n) is 16.9. The maximum absolute atomic E-state index is 5.08.